The van der Waals surface area contributed by atoms with Crippen molar-refractivity contribution in [2.45, 2.75) is 0 Å². The fourth-order valence-corrected chi connectivity index (χ4v) is 3.58. The van der Waals surface area contributed by atoms with E-state index in [-0.39, 0.29) is 5.75 Å². The number of aromatic hydroxyl groups is 1. The summed E-state index contributed by atoms with van der Waals surface area (Å²) in [5.74, 6) is 0.174. The highest BCUT2D eigenvalue weighted by molar-refractivity contribution is 6.13. The lowest BCUT2D eigenvalue weighted by molar-refractivity contribution is 0.475. The van der Waals surface area contributed by atoms with Gasteiger partial charge < -0.3 is 14.4 Å². The number of nitrogens with zero attached hydrogens (tertiary/aromatic N) is 1. The molecule has 0 radical (unpaired) electrons. The first-order chi connectivity index (χ1) is 13.3. The van der Waals surface area contributed by atoms with Gasteiger partial charge in [-0.15, -0.1) is 0 Å². The summed E-state index contributed by atoms with van der Waals surface area (Å²) in [5, 5.41) is 12.4. The highest BCUT2D eigenvalue weighted by atomic mass is 16.3. The minimum absolute atomic E-state index is 0.174. The van der Waals surface area contributed by atoms with E-state index in [9.17, 15) is 5.11 Å². The summed E-state index contributed by atoms with van der Waals surface area (Å²) in [6.07, 6.45) is 0. The lowest BCUT2D eigenvalue weighted by Gasteiger charge is -2.26. The first kappa shape index (κ1) is 15.5. The van der Waals surface area contributed by atoms with Gasteiger partial charge in [-0.1, -0.05) is 54.6 Å². The van der Waals surface area contributed by atoms with Crippen LogP contribution in [0.2, 0.25) is 0 Å². The second kappa shape index (κ2) is 6.22. The lowest BCUT2D eigenvalue weighted by atomic mass is 10.1. The van der Waals surface area contributed by atoms with Crippen LogP contribution in [-0.4, -0.2) is 5.11 Å². The number of fused-ring (bicyclic) bond motifs is 3. The smallest absolute Gasteiger partial charge is 0.141 e. The summed E-state index contributed by atoms with van der Waals surface area (Å²) in [6, 6.07) is 31.7. The van der Waals surface area contributed by atoms with Crippen LogP contribution in [-0.2, 0) is 0 Å². The predicted molar refractivity (Wildman–Crippen MR) is 110 cm³/mol. The maximum absolute atomic E-state index is 10.4. The highest BCUT2D eigenvalue weighted by Crippen LogP contribution is 2.44. The topological polar surface area (TPSA) is 36.6 Å². The van der Waals surface area contributed by atoms with Crippen LogP contribution in [0, 0.1) is 0 Å². The first-order valence-corrected chi connectivity index (χ1v) is 8.86. The number of phenolic OH excluding ortho intramolecular Hbond substituents is 1. The monoisotopic (exact) mass is 351 g/mol. The fraction of sp³-hybridized carbons (Fsp3) is 0. The molecule has 0 aliphatic rings. The van der Waals surface area contributed by atoms with Gasteiger partial charge >= 0.3 is 0 Å². The van der Waals surface area contributed by atoms with Gasteiger partial charge in [-0.3, -0.25) is 0 Å². The minimum atomic E-state index is 0.174. The van der Waals surface area contributed by atoms with E-state index in [0.29, 0.717) is 5.58 Å². The van der Waals surface area contributed by atoms with Crippen molar-refractivity contribution >= 4 is 39.0 Å². The lowest BCUT2D eigenvalue weighted by Crippen LogP contribution is -2.10. The molecule has 0 bridgehead atoms. The second-order valence-corrected chi connectivity index (χ2v) is 6.44. The zero-order valence-electron chi connectivity index (χ0n) is 14.5. The molecule has 5 rings (SSSR count). The molecule has 3 nitrogen and oxygen atoms in total. The van der Waals surface area contributed by atoms with Crippen LogP contribution in [0.1, 0.15) is 0 Å². The SMILES string of the molecule is Oc1cc(N(c2ccccc2)c2ccccc2)c2c(c1)oc1ccccc12. The quantitative estimate of drug-likeness (QED) is 0.390. The van der Waals surface area contributed by atoms with Gasteiger partial charge in [-0.05, 0) is 30.3 Å². The molecule has 0 aliphatic carbocycles. The van der Waals surface area contributed by atoms with Gasteiger partial charge in [0.2, 0.25) is 0 Å². The van der Waals surface area contributed by atoms with Crippen LogP contribution < -0.4 is 4.90 Å². The molecular formula is C24H17NO2. The number of phenols is 1. The molecule has 0 saturated heterocycles. The Morgan fingerprint density at radius 1 is 0.630 bits per heavy atom. The Morgan fingerprint density at radius 2 is 1.22 bits per heavy atom. The normalized spacial score (nSPS) is 11.1. The van der Waals surface area contributed by atoms with Crippen molar-refractivity contribution in [1.29, 1.82) is 0 Å². The second-order valence-electron chi connectivity index (χ2n) is 6.44. The molecule has 4 aromatic carbocycles. The summed E-state index contributed by atoms with van der Waals surface area (Å²) in [4.78, 5) is 2.14. The summed E-state index contributed by atoms with van der Waals surface area (Å²) >= 11 is 0. The standard InChI is InChI=1S/C24H17NO2/c26-19-15-21(24-20-13-7-8-14-22(20)27-23(24)16-19)25(17-9-3-1-4-10-17)18-11-5-2-6-12-18/h1-16,26H. The van der Waals surface area contributed by atoms with Gasteiger partial charge in [0.25, 0.3) is 0 Å². The van der Waals surface area contributed by atoms with E-state index in [0.717, 1.165) is 33.4 Å². The third-order valence-electron chi connectivity index (χ3n) is 4.71. The molecule has 0 unspecified atom stereocenters. The van der Waals surface area contributed by atoms with Crippen molar-refractivity contribution in [3.8, 4) is 5.75 Å². The zero-order valence-corrected chi connectivity index (χ0v) is 14.5. The third-order valence-corrected chi connectivity index (χ3v) is 4.71. The summed E-state index contributed by atoms with van der Waals surface area (Å²) in [5.41, 5.74) is 4.39. The van der Waals surface area contributed by atoms with Crippen molar-refractivity contribution in [1.82, 2.24) is 0 Å². The Balaban J connectivity index is 1.88. The van der Waals surface area contributed by atoms with Crippen LogP contribution in [0.15, 0.2) is 101 Å². The van der Waals surface area contributed by atoms with Gasteiger partial charge in [-0.25, -0.2) is 0 Å². The van der Waals surface area contributed by atoms with Crippen molar-refractivity contribution in [2.24, 2.45) is 0 Å². The zero-order chi connectivity index (χ0) is 18.2. The van der Waals surface area contributed by atoms with E-state index < -0.39 is 0 Å². The number of furan rings is 1. The molecule has 1 heterocycles. The molecule has 0 saturated carbocycles. The van der Waals surface area contributed by atoms with Crippen LogP contribution in [0.3, 0.4) is 0 Å². The highest BCUT2D eigenvalue weighted by Gasteiger charge is 2.20. The van der Waals surface area contributed by atoms with Gasteiger partial charge in [0, 0.05) is 28.9 Å². The number of rotatable bonds is 3. The summed E-state index contributed by atoms with van der Waals surface area (Å²) in [7, 11) is 0. The molecule has 0 amide bonds. The van der Waals surface area contributed by atoms with E-state index in [2.05, 4.69) is 35.2 Å². The largest absolute Gasteiger partial charge is 0.508 e. The van der Waals surface area contributed by atoms with Crippen molar-refractivity contribution < 1.29 is 9.52 Å². The Hall–Kier alpha value is -3.72. The number of para-hydroxylation sites is 3. The molecule has 3 heteroatoms. The Kier molecular flexibility index (Phi) is 3.58. The molecule has 0 atom stereocenters. The molecule has 1 aromatic heterocycles. The average Bonchev–Trinajstić information content (AvgIpc) is 3.08. The molecule has 27 heavy (non-hydrogen) atoms. The Morgan fingerprint density at radius 3 is 1.89 bits per heavy atom. The maximum Gasteiger partial charge on any atom is 0.141 e. The average molecular weight is 351 g/mol. The molecule has 0 fully saturated rings. The van der Waals surface area contributed by atoms with E-state index in [4.69, 9.17) is 4.42 Å². The van der Waals surface area contributed by atoms with Crippen molar-refractivity contribution in [2.75, 3.05) is 4.90 Å². The molecule has 0 spiro atoms. The van der Waals surface area contributed by atoms with Crippen molar-refractivity contribution in [3.05, 3.63) is 97.1 Å². The minimum Gasteiger partial charge on any atom is -0.508 e. The number of anilines is 3. The molecule has 5 aromatic rings. The molecular weight excluding hydrogens is 334 g/mol. The van der Waals surface area contributed by atoms with E-state index >= 15 is 0 Å². The van der Waals surface area contributed by atoms with E-state index in [1.165, 1.54) is 0 Å². The van der Waals surface area contributed by atoms with Gasteiger partial charge in [0.1, 0.15) is 16.9 Å². The number of hydrogen-bond acceptors (Lipinski definition) is 3. The van der Waals surface area contributed by atoms with E-state index in [1.54, 1.807) is 12.1 Å². The molecule has 130 valence electrons. The van der Waals surface area contributed by atoms with Crippen molar-refractivity contribution in [3.63, 3.8) is 0 Å². The molecule has 0 aliphatic heterocycles. The maximum atomic E-state index is 10.4. The van der Waals surface area contributed by atoms with Crippen LogP contribution in [0.4, 0.5) is 17.1 Å². The fourth-order valence-electron chi connectivity index (χ4n) is 3.58. The Labute approximate surface area is 156 Å². The van der Waals surface area contributed by atoms with Gasteiger partial charge in [0.05, 0.1) is 11.1 Å². The van der Waals surface area contributed by atoms with Crippen LogP contribution >= 0.6 is 0 Å². The first-order valence-electron chi connectivity index (χ1n) is 8.86. The molecule has 1 N–H and O–H groups in total. The van der Waals surface area contributed by atoms with Crippen LogP contribution in [0.5, 0.6) is 5.75 Å². The Bertz CT molecular complexity index is 1190. The predicted octanol–water partition coefficient (Wildman–Crippen LogP) is 6.76. The third kappa shape index (κ3) is 2.61. The number of benzene rings is 4. The summed E-state index contributed by atoms with van der Waals surface area (Å²) < 4.78 is 6.01. The van der Waals surface area contributed by atoms with E-state index in [1.807, 2.05) is 54.6 Å². The van der Waals surface area contributed by atoms with Gasteiger partial charge in [-0.2, -0.15) is 0 Å². The summed E-state index contributed by atoms with van der Waals surface area (Å²) in [6.45, 7) is 0. The number of hydrogen-bond donors (Lipinski definition) is 1. The van der Waals surface area contributed by atoms with Crippen LogP contribution in [0.25, 0.3) is 21.9 Å². The van der Waals surface area contributed by atoms with Gasteiger partial charge in [0.15, 0.2) is 0 Å².